The molecule has 0 unspecified atom stereocenters. The normalized spacial score (nSPS) is 8.57. The Hall–Kier alpha value is -0.120. The van der Waals surface area contributed by atoms with E-state index in [0.717, 1.165) is 13.1 Å². The minimum absolute atomic E-state index is 0. The Bertz CT molecular complexity index is 28.9. The van der Waals surface area contributed by atoms with Crippen LogP contribution in [0.15, 0.2) is 0 Å². The molecule has 0 atom stereocenters. The van der Waals surface area contributed by atoms with Crippen LogP contribution in [0.1, 0.15) is 13.8 Å². The average molecular weight is 106 g/mol. The van der Waals surface area contributed by atoms with Crippen molar-refractivity contribution in [2.45, 2.75) is 13.8 Å². The molecule has 0 heterocycles. The molecule has 0 fully saturated rings. The van der Waals surface area contributed by atoms with Gasteiger partial charge in [-0.2, -0.15) is 5.21 Å². The number of hydroxylamine groups is 2. The predicted octanol–water partition coefficient (Wildman–Crippen LogP) is 0.379. The first-order valence-electron chi connectivity index (χ1n) is 2.25. The summed E-state index contributed by atoms with van der Waals surface area (Å²) in [6.45, 7) is 5.25. The lowest BCUT2D eigenvalue weighted by atomic mass is 10.6. The molecule has 0 bridgehead atoms. The molecule has 44 valence electrons. The van der Waals surface area contributed by atoms with Gasteiger partial charge in [0.25, 0.3) is 0 Å². The van der Waals surface area contributed by atoms with Crippen LogP contribution in [0.3, 0.4) is 0 Å². The molecule has 0 aromatic heterocycles. The molecule has 3 heteroatoms. The van der Waals surface area contributed by atoms with Crippen molar-refractivity contribution in [2.75, 3.05) is 13.1 Å². The first-order chi connectivity index (χ1) is 2.81. The molecular weight excluding hydrogens is 94.0 g/mol. The van der Waals surface area contributed by atoms with Crippen molar-refractivity contribution in [1.29, 1.82) is 0 Å². The van der Waals surface area contributed by atoms with Crippen LogP contribution in [0.25, 0.3) is 0 Å². The summed E-state index contributed by atoms with van der Waals surface area (Å²) in [5.41, 5.74) is 0. The molecule has 0 amide bonds. The van der Waals surface area contributed by atoms with Gasteiger partial charge in [-0.05, 0) is 18.9 Å². The third-order valence-electron chi connectivity index (χ3n) is 0.730. The van der Waals surface area contributed by atoms with Crippen molar-refractivity contribution in [3.05, 3.63) is 0 Å². The summed E-state index contributed by atoms with van der Waals surface area (Å²) in [6.07, 6.45) is 0. The number of rotatable bonds is 2. The summed E-state index contributed by atoms with van der Waals surface area (Å²) >= 11 is 0. The van der Waals surface area contributed by atoms with Crippen molar-refractivity contribution in [3.63, 3.8) is 0 Å². The minimum Gasteiger partial charge on any atom is -0.255 e. The molecule has 0 aromatic carbocycles. The summed E-state index contributed by atoms with van der Waals surface area (Å²) in [7, 11) is 0. The highest BCUT2D eigenvalue weighted by molar-refractivity contribution is 4.34. The maximum atomic E-state index is 8.50. The number of nitrogens with zero attached hydrogens (tertiary/aromatic N) is 1. The maximum Gasteiger partial charge on any atom is 0.156 e. The zero-order valence-corrected chi connectivity index (χ0v) is 4.76. The van der Waals surface area contributed by atoms with E-state index in [2.05, 4.69) is 0 Å². The Balaban J connectivity index is 0. The summed E-state index contributed by atoms with van der Waals surface area (Å²) in [4.78, 5) is 0. The van der Waals surface area contributed by atoms with Gasteiger partial charge in [0.15, 0.2) is 13.1 Å². The van der Waals surface area contributed by atoms with Crippen LogP contribution < -0.4 is 5.06 Å². The van der Waals surface area contributed by atoms with Crippen LogP contribution in [0, 0.1) is 0 Å². The van der Waals surface area contributed by atoms with Crippen molar-refractivity contribution < 1.29 is 10.7 Å². The van der Waals surface area contributed by atoms with Gasteiger partial charge in [-0.25, -0.2) is 0 Å². The van der Waals surface area contributed by atoms with E-state index in [1.807, 2.05) is 13.8 Å². The van der Waals surface area contributed by atoms with E-state index >= 15 is 0 Å². The highest BCUT2D eigenvalue weighted by Gasteiger charge is 1.98. The fourth-order valence-corrected chi connectivity index (χ4v) is 0.224. The van der Waals surface area contributed by atoms with Crippen molar-refractivity contribution in [2.24, 2.45) is 0 Å². The van der Waals surface area contributed by atoms with Gasteiger partial charge >= 0.3 is 0 Å². The van der Waals surface area contributed by atoms with Crippen LogP contribution in [-0.4, -0.2) is 23.8 Å². The second-order valence-electron chi connectivity index (χ2n) is 1.14. The lowest BCUT2D eigenvalue weighted by molar-refractivity contribution is 0.0246. The Morgan fingerprint density at radius 3 is 1.57 bits per heavy atom. The van der Waals surface area contributed by atoms with E-state index in [4.69, 9.17) is 5.21 Å². The van der Waals surface area contributed by atoms with Crippen molar-refractivity contribution >= 4 is 0 Å². The van der Waals surface area contributed by atoms with Gasteiger partial charge < -0.3 is 0 Å². The molecule has 2 radical (unpaired) electrons. The topological polar surface area (TPSA) is 56.1 Å². The zero-order chi connectivity index (χ0) is 4.99. The van der Waals surface area contributed by atoms with Crippen LogP contribution in [0.5, 0.6) is 0 Å². The fourth-order valence-electron chi connectivity index (χ4n) is 0.224. The molecule has 0 aromatic rings. The van der Waals surface area contributed by atoms with Gasteiger partial charge in [0, 0.05) is 0 Å². The molecule has 0 spiro atoms. The monoisotopic (exact) mass is 106 g/mol. The van der Waals surface area contributed by atoms with Gasteiger partial charge in [0.1, 0.15) is 0 Å². The van der Waals surface area contributed by atoms with E-state index in [1.165, 1.54) is 5.06 Å². The van der Waals surface area contributed by atoms with E-state index in [1.54, 1.807) is 0 Å². The first kappa shape index (κ1) is 9.99. The molecular formula is C4H12NO2+. The summed E-state index contributed by atoms with van der Waals surface area (Å²) in [5.74, 6) is 0. The summed E-state index contributed by atoms with van der Waals surface area (Å²) in [6, 6.07) is 0. The van der Waals surface area contributed by atoms with Gasteiger partial charge in [-0.3, -0.25) is 5.48 Å². The molecule has 0 rings (SSSR count). The molecule has 0 aliphatic rings. The Labute approximate surface area is 43.8 Å². The number of hydrogen-bond acceptors (Lipinski definition) is 2. The second kappa shape index (κ2) is 5.88. The lowest BCUT2D eigenvalue weighted by Gasteiger charge is -1.90. The van der Waals surface area contributed by atoms with Gasteiger partial charge in [0.05, 0.1) is 0 Å². The van der Waals surface area contributed by atoms with Crippen LogP contribution in [0.4, 0.5) is 0 Å². The van der Waals surface area contributed by atoms with E-state index in [9.17, 15) is 0 Å². The third kappa shape index (κ3) is 5.88. The predicted molar refractivity (Wildman–Crippen MR) is 26.9 cm³/mol. The molecule has 7 heavy (non-hydrogen) atoms. The first-order valence-corrected chi connectivity index (χ1v) is 2.25. The number of hydrogen-bond donors (Lipinski definition) is 2. The SMILES string of the molecule is CC[N+](O)CC.[OH]. The van der Waals surface area contributed by atoms with Crippen LogP contribution in [0.2, 0.25) is 0 Å². The Morgan fingerprint density at radius 2 is 1.57 bits per heavy atom. The van der Waals surface area contributed by atoms with Gasteiger partial charge in [0.2, 0.25) is 0 Å². The average Bonchev–Trinajstić information content (AvgIpc) is 1.65. The highest BCUT2D eigenvalue weighted by Crippen LogP contribution is 1.67. The minimum atomic E-state index is 0. The maximum absolute atomic E-state index is 8.50. The van der Waals surface area contributed by atoms with Crippen LogP contribution >= 0.6 is 0 Å². The van der Waals surface area contributed by atoms with Crippen LogP contribution in [-0.2, 0) is 0 Å². The molecule has 3 nitrogen and oxygen atoms in total. The smallest absolute Gasteiger partial charge is 0.156 e. The Morgan fingerprint density at radius 1 is 1.29 bits per heavy atom. The van der Waals surface area contributed by atoms with E-state index < -0.39 is 0 Å². The second-order valence-corrected chi connectivity index (χ2v) is 1.14. The Kier molecular flexibility index (Phi) is 8.39. The largest absolute Gasteiger partial charge is 0.255 e. The van der Waals surface area contributed by atoms with E-state index in [-0.39, 0.29) is 5.48 Å². The molecule has 0 saturated carbocycles. The van der Waals surface area contributed by atoms with Gasteiger partial charge in [-0.15, -0.1) is 0 Å². The quantitative estimate of drug-likeness (QED) is 0.388. The fraction of sp³-hybridized carbons (Fsp3) is 1.00. The van der Waals surface area contributed by atoms with Crippen molar-refractivity contribution in [3.8, 4) is 0 Å². The molecule has 0 saturated heterocycles. The molecule has 0 aliphatic carbocycles. The van der Waals surface area contributed by atoms with Crippen molar-refractivity contribution in [1.82, 2.24) is 5.06 Å². The highest BCUT2D eigenvalue weighted by atomic mass is 16.5. The molecule has 2 N–H and O–H groups in total. The molecule has 0 aliphatic heterocycles. The lowest BCUT2D eigenvalue weighted by Crippen LogP contribution is -2.23. The van der Waals surface area contributed by atoms with E-state index in [0.29, 0.717) is 0 Å². The summed E-state index contributed by atoms with van der Waals surface area (Å²) < 4.78 is 0. The van der Waals surface area contributed by atoms with Gasteiger partial charge in [-0.1, -0.05) is 0 Å². The standard InChI is InChI=1S/C4H11NO.HO/c1-3-5(6)4-2;/h6H,3-4H2,1-2H3;1H/q+1;. The summed E-state index contributed by atoms with van der Waals surface area (Å²) in [5, 5.41) is 9.75. The third-order valence-corrected chi connectivity index (χ3v) is 0.730. The zero-order valence-electron chi connectivity index (χ0n) is 4.76.